The summed E-state index contributed by atoms with van der Waals surface area (Å²) in [4.78, 5) is 15.3. The molecule has 0 bridgehead atoms. The molecule has 0 radical (unpaired) electrons. The summed E-state index contributed by atoms with van der Waals surface area (Å²) in [6, 6.07) is 7.50. The third-order valence-corrected chi connectivity index (χ3v) is 8.33. The summed E-state index contributed by atoms with van der Waals surface area (Å²) < 4.78 is 29.5. The number of hydrogen-bond donors (Lipinski definition) is 0. The third kappa shape index (κ3) is 5.97. The molecule has 1 amide bonds. The smallest absolute Gasteiger partial charge is 0.226 e. The van der Waals surface area contributed by atoms with Gasteiger partial charge in [0.1, 0.15) is 5.75 Å². The molecular formula is C23H35NO4S. The van der Waals surface area contributed by atoms with Crippen LogP contribution in [0.5, 0.6) is 5.75 Å². The van der Waals surface area contributed by atoms with Crippen molar-refractivity contribution in [3.8, 4) is 5.75 Å². The van der Waals surface area contributed by atoms with E-state index in [4.69, 9.17) is 4.74 Å². The van der Waals surface area contributed by atoms with Crippen molar-refractivity contribution in [1.29, 1.82) is 0 Å². The number of carbonyl (C=O) groups is 1. The van der Waals surface area contributed by atoms with Gasteiger partial charge in [0.2, 0.25) is 5.91 Å². The molecule has 1 saturated carbocycles. The van der Waals surface area contributed by atoms with Crippen molar-refractivity contribution in [2.24, 2.45) is 11.8 Å². The van der Waals surface area contributed by atoms with Crippen molar-refractivity contribution < 1.29 is 17.9 Å². The Morgan fingerprint density at radius 2 is 1.93 bits per heavy atom. The summed E-state index contributed by atoms with van der Waals surface area (Å²) >= 11 is 0. The lowest BCUT2D eigenvalue weighted by Crippen LogP contribution is -2.44. The minimum atomic E-state index is -3.05. The molecule has 1 heterocycles. The summed E-state index contributed by atoms with van der Waals surface area (Å²) in [5.41, 5.74) is 0.985. The Morgan fingerprint density at radius 3 is 2.55 bits per heavy atom. The van der Waals surface area contributed by atoms with Crippen molar-refractivity contribution >= 4 is 15.7 Å². The van der Waals surface area contributed by atoms with Crippen molar-refractivity contribution in [2.45, 2.75) is 70.9 Å². The number of rotatable bonds is 8. The first-order chi connectivity index (χ1) is 13.9. The first-order valence-corrected chi connectivity index (χ1v) is 12.9. The van der Waals surface area contributed by atoms with Crippen LogP contribution in [0.2, 0.25) is 0 Å². The molecule has 1 atom stereocenters. The maximum atomic E-state index is 13.5. The molecule has 0 N–H and O–H groups in total. The van der Waals surface area contributed by atoms with Gasteiger partial charge in [0.15, 0.2) is 9.84 Å². The average molecular weight is 422 g/mol. The van der Waals surface area contributed by atoms with Crippen LogP contribution in [-0.4, -0.2) is 43.9 Å². The van der Waals surface area contributed by atoms with Crippen LogP contribution in [0.3, 0.4) is 0 Å². The van der Waals surface area contributed by atoms with E-state index in [0.29, 0.717) is 13.0 Å². The number of sulfone groups is 1. The Kier molecular flexibility index (Phi) is 7.60. The number of benzene rings is 1. The lowest BCUT2D eigenvalue weighted by atomic mass is 9.79. The van der Waals surface area contributed by atoms with Crippen LogP contribution >= 0.6 is 0 Å². The Hall–Kier alpha value is -1.56. The van der Waals surface area contributed by atoms with Gasteiger partial charge in [-0.05, 0) is 55.7 Å². The van der Waals surface area contributed by atoms with Crippen LogP contribution in [0.4, 0.5) is 0 Å². The van der Waals surface area contributed by atoms with Gasteiger partial charge in [0.05, 0.1) is 18.6 Å². The molecule has 162 valence electrons. The molecule has 3 rings (SSSR count). The zero-order chi connectivity index (χ0) is 20.9. The van der Waals surface area contributed by atoms with Crippen molar-refractivity contribution in [2.75, 3.05) is 18.6 Å². The molecule has 0 unspecified atom stereocenters. The fourth-order valence-electron chi connectivity index (χ4n) is 4.80. The van der Waals surface area contributed by atoms with Gasteiger partial charge >= 0.3 is 0 Å². The lowest BCUT2D eigenvalue weighted by molar-refractivity contribution is -0.139. The minimum absolute atomic E-state index is 0.0294. The van der Waals surface area contributed by atoms with E-state index in [0.717, 1.165) is 42.9 Å². The van der Waals surface area contributed by atoms with Crippen LogP contribution in [0, 0.1) is 11.8 Å². The van der Waals surface area contributed by atoms with E-state index in [1.807, 2.05) is 29.2 Å². The molecule has 29 heavy (non-hydrogen) atoms. The van der Waals surface area contributed by atoms with E-state index in [9.17, 15) is 13.2 Å². The van der Waals surface area contributed by atoms with Gasteiger partial charge in [-0.1, -0.05) is 38.3 Å². The van der Waals surface area contributed by atoms with E-state index >= 15 is 0 Å². The second-order valence-corrected chi connectivity index (χ2v) is 11.0. The van der Waals surface area contributed by atoms with Crippen LogP contribution in [0.1, 0.15) is 63.9 Å². The quantitative estimate of drug-likeness (QED) is 0.631. The maximum Gasteiger partial charge on any atom is 0.226 e. The molecule has 1 aliphatic carbocycles. The SMILES string of the molecule is CCCCC1CCC(C(=O)N(Cc2cccc(OC)c2)[C@H]2CCS(=O)(=O)C2)CC1. The molecule has 0 spiro atoms. The Morgan fingerprint density at radius 1 is 1.17 bits per heavy atom. The monoisotopic (exact) mass is 421 g/mol. The number of hydrogen-bond acceptors (Lipinski definition) is 4. The maximum absolute atomic E-state index is 13.5. The normalized spacial score (nSPS) is 26.2. The van der Waals surface area contributed by atoms with Crippen LogP contribution < -0.4 is 4.74 Å². The second kappa shape index (κ2) is 9.96. The molecular weight excluding hydrogens is 386 g/mol. The fourth-order valence-corrected chi connectivity index (χ4v) is 6.53. The fraction of sp³-hybridized carbons (Fsp3) is 0.696. The number of unbranched alkanes of at least 4 members (excludes halogenated alkanes) is 1. The lowest BCUT2D eigenvalue weighted by Gasteiger charge is -2.35. The third-order valence-electron chi connectivity index (χ3n) is 6.58. The van der Waals surface area contributed by atoms with Gasteiger partial charge < -0.3 is 9.64 Å². The van der Waals surface area contributed by atoms with E-state index < -0.39 is 9.84 Å². The second-order valence-electron chi connectivity index (χ2n) is 8.73. The highest BCUT2D eigenvalue weighted by molar-refractivity contribution is 7.91. The van der Waals surface area contributed by atoms with E-state index in [-0.39, 0.29) is 29.4 Å². The van der Waals surface area contributed by atoms with Gasteiger partial charge in [-0.2, -0.15) is 0 Å². The van der Waals surface area contributed by atoms with Gasteiger partial charge in [-0.15, -0.1) is 0 Å². The first-order valence-electron chi connectivity index (χ1n) is 11.1. The Balaban J connectivity index is 1.71. The topological polar surface area (TPSA) is 63.7 Å². The minimum Gasteiger partial charge on any atom is -0.497 e. The van der Waals surface area contributed by atoms with Crippen molar-refractivity contribution in [3.63, 3.8) is 0 Å². The summed E-state index contributed by atoms with van der Waals surface area (Å²) in [6.07, 6.45) is 8.41. The molecule has 0 aromatic heterocycles. The molecule has 1 aromatic rings. The standard InChI is InChI=1S/C23H35NO4S/c1-3-4-6-18-9-11-20(12-10-18)23(25)24(21-13-14-29(26,27)17-21)16-19-7-5-8-22(15-19)28-2/h5,7-8,15,18,20-21H,3-4,6,9-14,16-17H2,1-2H3/t18?,20?,21-/m0/s1. The summed E-state index contributed by atoms with van der Waals surface area (Å²) in [6.45, 7) is 2.67. The molecule has 1 aliphatic heterocycles. The number of amides is 1. The zero-order valence-electron chi connectivity index (χ0n) is 17.8. The number of carbonyl (C=O) groups excluding carboxylic acids is 1. The molecule has 6 heteroatoms. The van der Waals surface area contributed by atoms with E-state index in [1.165, 1.54) is 19.3 Å². The van der Waals surface area contributed by atoms with Crippen molar-refractivity contribution in [3.05, 3.63) is 29.8 Å². The highest BCUT2D eigenvalue weighted by atomic mass is 32.2. The number of ether oxygens (including phenoxy) is 1. The van der Waals surface area contributed by atoms with Crippen LogP contribution in [0.15, 0.2) is 24.3 Å². The summed E-state index contributed by atoms with van der Waals surface area (Å²) in [5, 5.41) is 0. The van der Waals surface area contributed by atoms with E-state index in [2.05, 4.69) is 6.92 Å². The zero-order valence-corrected chi connectivity index (χ0v) is 18.6. The molecule has 5 nitrogen and oxygen atoms in total. The molecule has 2 aliphatic rings. The Bertz CT molecular complexity index is 784. The highest BCUT2D eigenvalue weighted by Crippen LogP contribution is 2.34. The van der Waals surface area contributed by atoms with Gasteiger partial charge in [-0.3, -0.25) is 4.79 Å². The predicted octanol–water partition coefficient (Wildman–Crippen LogP) is 4.21. The highest BCUT2D eigenvalue weighted by Gasteiger charge is 2.38. The number of nitrogens with zero attached hydrogens (tertiary/aromatic N) is 1. The van der Waals surface area contributed by atoms with Crippen LogP contribution in [-0.2, 0) is 21.2 Å². The van der Waals surface area contributed by atoms with Crippen molar-refractivity contribution in [1.82, 2.24) is 4.90 Å². The molecule has 1 saturated heterocycles. The summed E-state index contributed by atoms with van der Waals surface area (Å²) in [7, 11) is -1.42. The van der Waals surface area contributed by atoms with Crippen LogP contribution in [0.25, 0.3) is 0 Å². The molecule has 1 aromatic carbocycles. The summed E-state index contributed by atoms with van der Waals surface area (Å²) in [5.74, 6) is 1.95. The predicted molar refractivity (Wildman–Crippen MR) is 116 cm³/mol. The van der Waals surface area contributed by atoms with Gasteiger partial charge in [0, 0.05) is 18.5 Å². The van der Waals surface area contributed by atoms with Gasteiger partial charge in [0.25, 0.3) is 0 Å². The van der Waals surface area contributed by atoms with E-state index in [1.54, 1.807) is 7.11 Å². The largest absolute Gasteiger partial charge is 0.497 e. The van der Waals surface area contributed by atoms with Gasteiger partial charge in [-0.25, -0.2) is 8.42 Å². The average Bonchev–Trinajstić information content (AvgIpc) is 3.10. The Labute approximate surface area is 175 Å². The number of methoxy groups -OCH3 is 1. The first kappa shape index (κ1) is 22.1. The molecule has 2 fully saturated rings.